The van der Waals surface area contributed by atoms with Crippen molar-refractivity contribution in [3.63, 3.8) is 0 Å². The Labute approximate surface area is 127 Å². The van der Waals surface area contributed by atoms with Crippen molar-refractivity contribution in [1.29, 1.82) is 0 Å². The van der Waals surface area contributed by atoms with Crippen LogP contribution >= 0.6 is 0 Å². The normalized spacial score (nSPS) is 10.8. The summed E-state index contributed by atoms with van der Waals surface area (Å²) in [6.45, 7) is 6.38. The molecule has 0 bridgehead atoms. The Morgan fingerprint density at radius 3 is 2.48 bits per heavy atom. The lowest BCUT2D eigenvalue weighted by Gasteiger charge is -2.21. The highest BCUT2D eigenvalue weighted by atomic mass is 15.1. The van der Waals surface area contributed by atoms with Gasteiger partial charge in [0, 0.05) is 32.0 Å². The minimum absolute atomic E-state index is 0.711. The highest BCUT2D eigenvalue weighted by Crippen LogP contribution is 2.06. The van der Waals surface area contributed by atoms with Crippen molar-refractivity contribution in [3.05, 3.63) is 54.4 Å². The van der Waals surface area contributed by atoms with Crippen LogP contribution in [0.15, 0.2) is 48.8 Å². The minimum atomic E-state index is 0.711. The molecule has 4 heteroatoms. The number of benzene rings is 1. The summed E-state index contributed by atoms with van der Waals surface area (Å²) in [5.74, 6) is 0.711. The maximum absolute atomic E-state index is 4.16. The van der Waals surface area contributed by atoms with Crippen LogP contribution < -0.4 is 5.32 Å². The SMILES string of the molecule is CCCN(CCCNc1ncccn1)Cc1ccccc1. The van der Waals surface area contributed by atoms with Gasteiger partial charge < -0.3 is 5.32 Å². The lowest BCUT2D eigenvalue weighted by atomic mass is 10.2. The quantitative estimate of drug-likeness (QED) is 0.718. The molecule has 21 heavy (non-hydrogen) atoms. The average Bonchev–Trinajstić information content (AvgIpc) is 2.54. The second kappa shape index (κ2) is 9.08. The molecule has 0 aliphatic heterocycles. The molecule has 2 aromatic rings. The highest BCUT2D eigenvalue weighted by Gasteiger charge is 2.04. The third-order valence-corrected chi connectivity index (χ3v) is 3.29. The third-order valence-electron chi connectivity index (χ3n) is 3.29. The van der Waals surface area contributed by atoms with E-state index < -0.39 is 0 Å². The Balaban J connectivity index is 1.72. The Bertz CT molecular complexity index is 487. The monoisotopic (exact) mass is 284 g/mol. The van der Waals surface area contributed by atoms with Crippen LogP contribution in [0.1, 0.15) is 25.3 Å². The van der Waals surface area contributed by atoms with Gasteiger partial charge in [0.15, 0.2) is 0 Å². The van der Waals surface area contributed by atoms with Crippen molar-refractivity contribution in [2.75, 3.05) is 25.0 Å². The number of nitrogens with one attached hydrogen (secondary N) is 1. The third kappa shape index (κ3) is 5.92. The standard InChI is InChI=1S/C17H24N4/c1-2-13-21(15-16-8-4-3-5-9-16)14-7-12-20-17-18-10-6-11-19-17/h3-6,8-11H,2,7,12-15H2,1H3,(H,18,19,20). The van der Waals surface area contributed by atoms with Gasteiger partial charge in [0.1, 0.15) is 0 Å². The van der Waals surface area contributed by atoms with Crippen molar-refractivity contribution in [2.45, 2.75) is 26.3 Å². The van der Waals surface area contributed by atoms with Crippen molar-refractivity contribution in [1.82, 2.24) is 14.9 Å². The van der Waals surface area contributed by atoms with E-state index in [0.717, 1.165) is 32.6 Å². The average molecular weight is 284 g/mol. The fourth-order valence-electron chi connectivity index (χ4n) is 2.32. The van der Waals surface area contributed by atoms with Gasteiger partial charge in [-0.05, 0) is 31.0 Å². The molecule has 0 aliphatic rings. The number of nitrogens with zero attached hydrogens (tertiary/aromatic N) is 3. The molecule has 0 atom stereocenters. The largest absolute Gasteiger partial charge is 0.354 e. The van der Waals surface area contributed by atoms with Gasteiger partial charge in [-0.15, -0.1) is 0 Å². The Morgan fingerprint density at radius 2 is 1.76 bits per heavy atom. The second-order valence-electron chi connectivity index (χ2n) is 5.11. The zero-order valence-corrected chi connectivity index (χ0v) is 12.7. The van der Waals surface area contributed by atoms with E-state index in [4.69, 9.17) is 0 Å². The summed E-state index contributed by atoms with van der Waals surface area (Å²) in [6, 6.07) is 12.5. The molecular formula is C17H24N4. The topological polar surface area (TPSA) is 41.0 Å². The molecule has 4 nitrogen and oxygen atoms in total. The predicted octanol–water partition coefficient (Wildman–Crippen LogP) is 3.19. The second-order valence-corrected chi connectivity index (χ2v) is 5.11. The summed E-state index contributed by atoms with van der Waals surface area (Å²) in [6.07, 6.45) is 5.79. The summed E-state index contributed by atoms with van der Waals surface area (Å²) in [7, 11) is 0. The molecule has 1 aromatic carbocycles. The number of hydrogen-bond donors (Lipinski definition) is 1. The van der Waals surface area contributed by atoms with Crippen molar-refractivity contribution < 1.29 is 0 Å². The first-order valence-electron chi connectivity index (χ1n) is 7.65. The van der Waals surface area contributed by atoms with Gasteiger partial charge in [0.2, 0.25) is 5.95 Å². The summed E-state index contributed by atoms with van der Waals surface area (Å²) < 4.78 is 0. The zero-order valence-electron chi connectivity index (χ0n) is 12.7. The van der Waals surface area contributed by atoms with Gasteiger partial charge in [-0.2, -0.15) is 0 Å². The van der Waals surface area contributed by atoms with Crippen LogP contribution in [0, 0.1) is 0 Å². The van der Waals surface area contributed by atoms with Gasteiger partial charge in [-0.3, -0.25) is 4.90 Å². The van der Waals surface area contributed by atoms with Crippen LogP contribution in [0.25, 0.3) is 0 Å². The van der Waals surface area contributed by atoms with Crippen molar-refractivity contribution in [3.8, 4) is 0 Å². The minimum Gasteiger partial charge on any atom is -0.354 e. The molecule has 112 valence electrons. The number of rotatable bonds is 9. The summed E-state index contributed by atoms with van der Waals surface area (Å²) in [5, 5.41) is 3.26. The molecule has 2 rings (SSSR count). The fourth-order valence-corrected chi connectivity index (χ4v) is 2.32. The van der Waals surface area contributed by atoms with E-state index in [-0.39, 0.29) is 0 Å². The maximum Gasteiger partial charge on any atom is 0.222 e. The molecule has 0 unspecified atom stereocenters. The van der Waals surface area contributed by atoms with Gasteiger partial charge in [0.25, 0.3) is 0 Å². The molecule has 1 aromatic heterocycles. The molecule has 0 fully saturated rings. The summed E-state index contributed by atoms with van der Waals surface area (Å²) in [5.41, 5.74) is 1.38. The maximum atomic E-state index is 4.16. The predicted molar refractivity (Wildman–Crippen MR) is 87.1 cm³/mol. The Hall–Kier alpha value is -1.94. The van der Waals surface area contributed by atoms with Gasteiger partial charge in [-0.25, -0.2) is 9.97 Å². The number of anilines is 1. The van der Waals surface area contributed by atoms with E-state index in [1.807, 2.05) is 6.07 Å². The molecule has 0 aliphatic carbocycles. The van der Waals surface area contributed by atoms with E-state index in [2.05, 4.69) is 57.4 Å². The molecular weight excluding hydrogens is 260 g/mol. The van der Waals surface area contributed by atoms with Gasteiger partial charge in [0.05, 0.1) is 0 Å². The molecule has 0 saturated heterocycles. The molecule has 1 heterocycles. The molecule has 0 saturated carbocycles. The van der Waals surface area contributed by atoms with Crippen LogP contribution in [-0.4, -0.2) is 34.5 Å². The van der Waals surface area contributed by atoms with E-state index in [1.54, 1.807) is 12.4 Å². The molecule has 0 radical (unpaired) electrons. The lowest BCUT2D eigenvalue weighted by molar-refractivity contribution is 0.265. The van der Waals surface area contributed by atoms with Crippen LogP contribution in [0.5, 0.6) is 0 Å². The Morgan fingerprint density at radius 1 is 1.00 bits per heavy atom. The van der Waals surface area contributed by atoms with Crippen LogP contribution in [-0.2, 0) is 6.54 Å². The van der Waals surface area contributed by atoms with Crippen LogP contribution in [0.4, 0.5) is 5.95 Å². The first-order valence-corrected chi connectivity index (χ1v) is 7.65. The fraction of sp³-hybridized carbons (Fsp3) is 0.412. The number of hydrogen-bond acceptors (Lipinski definition) is 4. The summed E-state index contributed by atoms with van der Waals surface area (Å²) in [4.78, 5) is 10.8. The van der Waals surface area contributed by atoms with E-state index in [0.29, 0.717) is 5.95 Å². The lowest BCUT2D eigenvalue weighted by Crippen LogP contribution is -2.26. The molecule has 0 spiro atoms. The van der Waals surface area contributed by atoms with Crippen molar-refractivity contribution >= 4 is 5.95 Å². The van der Waals surface area contributed by atoms with E-state index in [1.165, 1.54) is 12.0 Å². The van der Waals surface area contributed by atoms with E-state index >= 15 is 0 Å². The molecule has 1 N–H and O–H groups in total. The Kier molecular flexibility index (Phi) is 6.68. The highest BCUT2D eigenvalue weighted by molar-refractivity contribution is 5.21. The zero-order chi connectivity index (χ0) is 14.8. The van der Waals surface area contributed by atoms with Crippen LogP contribution in [0.3, 0.4) is 0 Å². The van der Waals surface area contributed by atoms with Gasteiger partial charge >= 0.3 is 0 Å². The van der Waals surface area contributed by atoms with E-state index in [9.17, 15) is 0 Å². The van der Waals surface area contributed by atoms with Gasteiger partial charge in [-0.1, -0.05) is 37.3 Å². The summed E-state index contributed by atoms with van der Waals surface area (Å²) >= 11 is 0. The molecule has 0 amide bonds. The first kappa shape index (κ1) is 15.4. The van der Waals surface area contributed by atoms with Crippen LogP contribution in [0.2, 0.25) is 0 Å². The number of aromatic nitrogens is 2. The smallest absolute Gasteiger partial charge is 0.222 e. The van der Waals surface area contributed by atoms with Crippen molar-refractivity contribution in [2.24, 2.45) is 0 Å². The first-order chi connectivity index (χ1) is 10.4.